The van der Waals surface area contributed by atoms with Crippen molar-refractivity contribution in [3.05, 3.63) is 32.6 Å². The number of aliphatic hydroxyl groups is 1. The predicted octanol–water partition coefficient (Wildman–Crippen LogP) is 0.111. The van der Waals surface area contributed by atoms with Crippen molar-refractivity contribution in [2.45, 2.75) is 30.9 Å². The minimum Gasteiger partial charge on any atom is -0.394 e. The SMILES string of the molecule is Cc1cn(C2CC(SF)C(CO)O2)c(=O)[nH]c1=O. The van der Waals surface area contributed by atoms with Crippen molar-refractivity contribution < 1.29 is 13.7 Å². The summed E-state index contributed by atoms with van der Waals surface area (Å²) in [5.41, 5.74) is -0.684. The molecular formula is C10H13FN2O4S. The Labute approximate surface area is 106 Å². The van der Waals surface area contributed by atoms with E-state index in [1.165, 1.54) is 10.8 Å². The van der Waals surface area contributed by atoms with E-state index in [2.05, 4.69) is 4.98 Å². The predicted molar refractivity (Wildman–Crippen MR) is 64.2 cm³/mol. The number of aromatic amines is 1. The second kappa shape index (κ2) is 5.25. The lowest BCUT2D eigenvalue weighted by atomic mass is 10.2. The van der Waals surface area contributed by atoms with E-state index in [1.807, 2.05) is 0 Å². The lowest BCUT2D eigenvalue weighted by Gasteiger charge is -2.14. The lowest BCUT2D eigenvalue weighted by molar-refractivity contribution is -0.0239. The second-order valence-electron chi connectivity index (χ2n) is 4.15. The van der Waals surface area contributed by atoms with Gasteiger partial charge in [-0.1, -0.05) is 0 Å². The normalized spacial score (nSPS) is 27.6. The van der Waals surface area contributed by atoms with Crippen LogP contribution in [0.3, 0.4) is 0 Å². The minimum atomic E-state index is -0.668. The number of aromatic nitrogens is 2. The Balaban J connectivity index is 2.31. The molecular weight excluding hydrogens is 263 g/mol. The van der Waals surface area contributed by atoms with Gasteiger partial charge in [-0.25, -0.2) is 4.79 Å². The fourth-order valence-corrected chi connectivity index (χ4v) is 2.43. The van der Waals surface area contributed by atoms with Crippen LogP contribution in [0.15, 0.2) is 15.8 Å². The number of H-pyrrole nitrogens is 1. The smallest absolute Gasteiger partial charge is 0.330 e. The molecule has 2 heterocycles. The van der Waals surface area contributed by atoms with Crippen molar-refractivity contribution in [1.29, 1.82) is 0 Å². The molecule has 0 radical (unpaired) electrons. The van der Waals surface area contributed by atoms with Crippen LogP contribution in [0.2, 0.25) is 0 Å². The maximum absolute atomic E-state index is 12.6. The molecule has 1 aliphatic rings. The molecule has 8 heteroatoms. The van der Waals surface area contributed by atoms with Crippen LogP contribution in [-0.2, 0) is 4.74 Å². The zero-order chi connectivity index (χ0) is 13.3. The van der Waals surface area contributed by atoms with Gasteiger partial charge in [-0.05, 0) is 6.92 Å². The van der Waals surface area contributed by atoms with Gasteiger partial charge in [0.1, 0.15) is 6.23 Å². The summed E-state index contributed by atoms with van der Waals surface area (Å²) in [7, 11) is 0. The largest absolute Gasteiger partial charge is 0.394 e. The number of nitrogens with zero attached hydrogens (tertiary/aromatic N) is 1. The summed E-state index contributed by atoms with van der Waals surface area (Å²) in [5, 5.41) is 8.54. The maximum atomic E-state index is 12.6. The van der Waals surface area contributed by atoms with E-state index >= 15 is 0 Å². The Kier molecular flexibility index (Phi) is 3.88. The van der Waals surface area contributed by atoms with Crippen molar-refractivity contribution in [2.24, 2.45) is 0 Å². The quantitative estimate of drug-likeness (QED) is 0.818. The molecule has 0 spiro atoms. The highest BCUT2D eigenvalue weighted by atomic mass is 32.2. The van der Waals surface area contributed by atoms with Crippen molar-refractivity contribution in [1.82, 2.24) is 9.55 Å². The van der Waals surface area contributed by atoms with Crippen molar-refractivity contribution in [3.8, 4) is 0 Å². The average Bonchev–Trinajstić information content (AvgIpc) is 2.76. The molecule has 1 saturated heterocycles. The van der Waals surface area contributed by atoms with E-state index in [0.717, 1.165) is 0 Å². The molecule has 0 bridgehead atoms. The summed E-state index contributed by atoms with van der Waals surface area (Å²) in [6.45, 7) is 1.25. The van der Waals surface area contributed by atoms with Crippen molar-refractivity contribution >= 4 is 12.1 Å². The summed E-state index contributed by atoms with van der Waals surface area (Å²) in [5.74, 6) is 0. The van der Waals surface area contributed by atoms with Gasteiger partial charge in [0.25, 0.3) is 5.56 Å². The molecule has 6 nitrogen and oxygen atoms in total. The van der Waals surface area contributed by atoms with Gasteiger partial charge in [0.05, 0.1) is 30.1 Å². The first-order chi connectivity index (χ1) is 8.56. The molecule has 100 valence electrons. The van der Waals surface area contributed by atoms with Gasteiger partial charge in [-0.3, -0.25) is 14.3 Å². The van der Waals surface area contributed by atoms with Gasteiger partial charge >= 0.3 is 5.69 Å². The Hall–Kier alpha value is -1.12. The van der Waals surface area contributed by atoms with E-state index in [4.69, 9.17) is 9.84 Å². The van der Waals surface area contributed by atoms with Gasteiger partial charge in [0.2, 0.25) is 0 Å². The van der Waals surface area contributed by atoms with Gasteiger partial charge in [0, 0.05) is 18.2 Å². The molecule has 1 aromatic rings. The molecule has 0 aliphatic carbocycles. The third kappa shape index (κ3) is 2.36. The van der Waals surface area contributed by atoms with E-state index in [1.54, 1.807) is 6.92 Å². The Bertz CT molecular complexity index is 531. The van der Waals surface area contributed by atoms with Crippen molar-refractivity contribution in [2.75, 3.05) is 6.61 Å². The van der Waals surface area contributed by atoms with Crippen LogP contribution >= 0.6 is 12.1 Å². The van der Waals surface area contributed by atoms with Gasteiger partial charge < -0.3 is 9.84 Å². The van der Waals surface area contributed by atoms with E-state index in [9.17, 15) is 13.5 Å². The van der Waals surface area contributed by atoms with Crippen LogP contribution in [0.1, 0.15) is 18.2 Å². The van der Waals surface area contributed by atoms with E-state index in [0.29, 0.717) is 5.56 Å². The molecule has 2 rings (SSSR count). The first-order valence-corrected chi connectivity index (χ1v) is 6.20. The second-order valence-corrected chi connectivity index (χ2v) is 4.94. The van der Waals surface area contributed by atoms with Crippen LogP contribution < -0.4 is 11.2 Å². The van der Waals surface area contributed by atoms with Gasteiger partial charge in [-0.2, -0.15) is 3.89 Å². The molecule has 0 aromatic carbocycles. The van der Waals surface area contributed by atoms with Crippen molar-refractivity contribution in [3.63, 3.8) is 0 Å². The number of halogens is 1. The Morgan fingerprint density at radius 1 is 1.67 bits per heavy atom. The number of hydrogen-bond donors (Lipinski definition) is 2. The number of aliphatic hydroxyl groups excluding tert-OH is 1. The fraction of sp³-hybridized carbons (Fsp3) is 0.600. The molecule has 0 saturated carbocycles. The molecule has 1 fully saturated rings. The van der Waals surface area contributed by atoms with E-state index in [-0.39, 0.29) is 25.2 Å². The summed E-state index contributed by atoms with van der Waals surface area (Å²) < 4.78 is 19.3. The molecule has 3 atom stereocenters. The zero-order valence-electron chi connectivity index (χ0n) is 9.63. The fourth-order valence-electron chi connectivity index (χ4n) is 1.93. The first-order valence-electron chi connectivity index (χ1n) is 5.42. The number of aryl methyl sites for hydroxylation is 1. The lowest BCUT2D eigenvalue weighted by Crippen LogP contribution is -2.33. The molecule has 0 amide bonds. The third-order valence-corrected chi connectivity index (χ3v) is 3.66. The summed E-state index contributed by atoms with van der Waals surface area (Å²) in [6, 6.07) is 0. The number of rotatable bonds is 3. The van der Waals surface area contributed by atoms with Crippen LogP contribution in [0.25, 0.3) is 0 Å². The number of ether oxygens (including phenoxy) is 1. The zero-order valence-corrected chi connectivity index (χ0v) is 10.4. The molecule has 18 heavy (non-hydrogen) atoms. The maximum Gasteiger partial charge on any atom is 0.330 e. The summed E-state index contributed by atoms with van der Waals surface area (Å²) in [6.07, 6.45) is 0.325. The Morgan fingerprint density at radius 3 is 2.94 bits per heavy atom. The van der Waals surface area contributed by atoms with Gasteiger partial charge in [-0.15, -0.1) is 0 Å². The number of nitrogens with one attached hydrogen (secondary N) is 1. The highest BCUT2D eigenvalue weighted by Gasteiger charge is 2.37. The standard InChI is InChI=1S/C10H13FN2O4S/c1-5-3-13(10(16)12-9(5)15)8-2-7(18-11)6(4-14)17-8/h3,6-8,14H,2,4H2,1H3,(H,12,15,16). The van der Waals surface area contributed by atoms with E-state index < -0.39 is 28.8 Å². The topological polar surface area (TPSA) is 84.3 Å². The van der Waals surface area contributed by atoms with Crippen LogP contribution in [0.4, 0.5) is 3.89 Å². The van der Waals surface area contributed by atoms with Crippen LogP contribution in [0.5, 0.6) is 0 Å². The van der Waals surface area contributed by atoms with Crippen LogP contribution in [-0.4, -0.2) is 32.6 Å². The average molecular weight is 276 g/mol. The third-order valence-electron chi connectivity index (χ3n) is 2.93. The Morgan fingerprint density at radius 2 is 2.39 bits per heavy atom. The summed E-state index contributed by atoms with van der Waals surface area (Å²) in [4.78, 5) is 25.0. The molecule has 2 N–H and O–H groups in total. The number of hydrogen-bond acceptors (Lipinski definition) is 5. The molecule has 3 unspecified atom stereocenters. The highest BCUT2D eigenvalue weighted by Crippen LogP contribution is 2.35. The highest BCUT2D eigenvalue weighted by molar-refractivity contribution is 7.95. The molecule has 1 aromatic heterocycles. The first kappa shape index (κ1) is 13.3. The summed E-state index contributed by atoms with van der Waals surface area (Å²) >= 11 is 0.104. The van der Waals surface area contributed by atoms with Crippen LogP contribution in [0, 0.1) is 6.92 Å². The minimum absolute atomic E-state index is 0.104. The molecule has 1 aliphatic heterocycles. The van der Waals surface area contributed by atoms with Gasteiger partial charge in [0.15, 0.2) is 0 Å². The monoisotopic (exact) mass is 276 g/mol.